The van der Waals surface area contributed by atoms with E-state index in [1.807, 2.05) is 0 Å². The van der Waals surface area contributed by atoms with E-state index < -0.39 is 29.6 Å². The molecule has 1 aliphatic rings. The molecule has 0 radical (unpaired) electrons. The van der Waals surface area contributed by atoms with Gasteiger partial charge in [0.1, 0.15) is 11.5 Å². The summed E-state index contributed by atoms with van der Waals surface area (Å²) >= 11 is 1.14. The Morgan fingerprint density at radius 1 is 1.33 bits per heavy atom. The molecule has 0 aliphatic carbocycles. The number of aromatic nitrogens is 2. The minimum Gasteiger partial charge on any atom is -0.368 e. The fourth-order valence-corrected chi connectivity index (χ4v) is 4.20. The third-order valence-electron chi connectivity index (χ3n) is 5.22. The number of urea groups is 1. The number of anilines is 1. The molecular formula is C19H22F3N5O2S. The molecule has 0 saturated carbocycles. The zero-order valence-corrected chi connectivity index (χ0v) is 17.5. The number of rotatable bonds is 4. The number of amides is 3. The van der Waals surface area contributed by atoms with Crippen molar-refractivity contribution in [1.29, 1.82) is 0 Å². The SMILES string of the molecule is Cc1nc(NC(=O)N2CCC[C@H]2C([15NH2])=O)sc1-c1ccnc(C(C)(C)C(F)(F)F)c1. The van der Waals surface area contributed by atoms with Crippen LogP contribution >= 0.6 is 11.3 Å². The van der Waals surface area contributed by atoms with Gasteiger partial charge in [-0.15, -0.1) is 0 Å². The second kappa shape index (κ2) is 7.86. The molecule has 2 aromatic heterocycles. The molecule has 1 fully saturated rings. The number of pyridine rings is 1. The molecule has 2 aromatic rings. The van der Waals surface area contributed by atoms with Crippen molar-refractivity contribution in [3.63, 3.8) is 0 Å². The van der Waals surface area contributed by atoms with E-state index in [2.05, 4.69) is 15.3 Å². The first-order chi connectivity index (χ1) is 13.9. The van der Waals surface area contributed by atoms with Crippen LogP contribution in [0.1, 0.15) is 38.1 Å². The van der Waals surface area contributed by atoms with E-state index >= 15 is 0 Å². The molecule has 3 amide bonds. The number of nitrogens with two attached hydrogens (primary N) is 1. The monoisotopic (exact) mass is 442 g/mol. The summed E-state index contributed by atoms with van der Waals surface area (Å²) in [6, 6.07) is 1.86. The van der Waals surface area contributed by atoms with E-state index in [-0.39, 0.29) is 10.8 Å². The standard InChI is InChI=1S/C19H22F3N5O2S/c1-10-14(11-6-7-24-13(9-11)18(2,3)19(20,21)22)30-16(25-10)26-17(29)27-8-4-5-12(27)15(23)28/h6-7,9,12H,4-5,8H2,1-3H3,(H2,23,28)(H,25,26,29)/t12-/m0/s1/i23+1. The Hall–Kier alpha value is -2.69. The summed E-state index contributed by atoms with van der Waals surface area (Å²) in [5.74, 6) is -0.560. The Kier molecular flexibility index (Phi) is 5.76. The number of carbonyl (C=O) groups is 2. The molecule has 0 aromatic carbocycles. The summed E-state index contributed by atoms with van der Waals surface area (Å²) < 4.78 is 40.1. The van der Waals surface area contributed by atoms with Gasteiger partial charge in [0.05, 0.1) is 16.3 Å². The summed E-state index contributed by atoms with van der Waals surface area (Å²) in [5.41, 5.74) is 4.22. The van der Waals surface area contributed by atoms with Gasteiger partial charge < -0.3 is 10.6 Å². The topological polar surface area (TPSA) is 101 Å². The van der Waals surface area contributed by atoms with Crippen LogP contribution in [0.4, 0.5) is 23.1 Å². The van der Waals surface area contributed by atoms with Crippen LogP contribution in [-0.4, -0.2) is 45.6 Å². The largest absolute Gasteiger partial charge is 0.399 e. The van der Waals surface area contributed by atoms with Crippen LogP contribution in [0, 0.1) is 6.92 Å². The van der Waals surface area contributed by atoms with Crippen molar-refractivity contribution < 1.29 is 22.8 Å². The predicted octanol–water partition coefficient (Wildman–Crippen LogP) is 3.84. The summed E-state index contributed by atoms with van der Waals surface area (Å²) in [7, 11) is 0. The van der Waals surface area contributed by atoms with Crippen molar-refractivity contribution in [2.45, 2.75) is 51.2 Å². The number of hydrogen-bond donors (Lipinski definition) is 2. The zero-order valence-electron chi connectivity index (χ0n) is 16.7. The van der Waals surface area contributed by atoms with E-state index in [4.69, 9.17) is 5.73 Å². The van der Waals surface area contributed by atoms with Crippen LogP contribution in [0.5, 0.6) is 0 Å². The lowest BCUT2D eigenvalue weighted by atomic mass is 9.87. The van der Waals surface area contributed by atoms with E-state index in [0.29, 0.717) is 35.5 Å². The van der Waals surface area contributed by atoms with Crippen molar-refractivity contribution in [3.05, 3.63) is 29.7 Å². The summed E-state index contributed by atoms with van der Waals surface area (Å²) in [6.45, 7) is 4.28. The first-order valence-corrected chi connectivity index (χ1v) is 10.1. The Labute approximate surface area is 175 Å². The number of halogens is 3. The predicted molar refractivity (Wildman–Crippen MR) is 107 cm³/mol. The van der Waals surface area contributed by atoms with E-state index in [9.17, 15) is 22.8 Å². The van der Waals surface area contributed by atoms with Crippen molar-refractivity contribution >= 4 is 28.4 Å². The minimum absolute atomic E-state index is 0.104. The lowest BCUT2D eigenvalue weighted by molar-refractivity contribution is -0.181. The van der Waals surface area contributed by atoms with Gasteiger partial charge in [-0.3, -0.25) is 15.1 Å². The highest BCUT2D eigenvalue weighted by Gasteiger charge is 2.49. The highest BCUT2D eigenvalue weighted by Crippen LogP contribution is 2.41. The summed E-state index contributed by atoms with van der Waals surface area (Å²) in [4.78, 5) is 34.2. The molecule has 0 bridgehead atoms. The Morgan fingerprint density at radius 2 is 2.03 bits per heavy atom. The smallest absolute Gasteiger partial charge is 0.368 e. The number of nitrogens with one attached hydrogen (secondary N) is 1. The maximum absolute atomic E-state index is 13.4. The first kappa shape index (κ1) is 22.0. The van der Waals surface area contributed by atoms with Crippen molar-refractivity contribution in [2.75, 3.05) is 11.9 Å². The van der Waals surface area contributed by atoms with Crippen LogP contribution in [-0.2, 0) is 10.2 Å². The molecule has 1 atom stereocenters. The third-order valence-corrected chi connectivity index (χ3v) is 6.35. The van der Waals surface area contributed by atoms with Gasteiger partial charge in [-0.1, -0.05) is 11.3 Å². The van der Waals surface area contributed by atoms with Crippen LogP contribution in [0.15, 0.2) is 18.3 Å². The molecular weight excluding hydrogens is 420 g/mol. The highest BCUT2D eigenvalue weighted by atomic mass is 32.1. The number of alkyl halides is 3. The van der Waals surface area contributed by atoms with Crippen molar-refractivity contribution in [1.82, 2.24) is 14.9 Å². The minimum atomic E-state index is -4.45. The van der Waals surface area contributed by atoms with Gasteiger partial charge in [0.25, 0.3) is 0 Å². The van der Waals surface area contributed by atoms with E-state index in [1.54, 1.807) is 13.0 Å². The van der Waals surface area contributed by atoms with Gasteiger partial charge in [-0.25, -0.2) is 9.78 Å². The molecule has 1 saturated heterocycles. The number of hydrogen-bond acceptors (Lipinski definition) is 5. The number of thiazole rings is 1. The average Bonchev–Trinajstić information content (AvgIpc) is 3.28. The molecule has 0 spiro atoms. The molecule has 3 N–H and O–H groups in total. The lowest BCUT2D eigenvalue weighted by Gasteiger charge is -2.27. The molecule has 30 heavy (non-hydrogen) atoms. The van der Waals surface area contributed by atoms with Crippen molar-refractivity contribution in [3.8, 4) is 10.4 Å². The quantitative estimate of drug-likeness (QED) is 0.703. The Balaban J connectivity index is 1.84. The van der Waals surface area contributed by atoms with Gasteiger partial charge in [-0.2, -0.15) is 13.2 Å². The molecule has 162 valence electrons. The van der Waals surface area contributed by atoms with Crippen LogP contribution in [0.25, 0.3) is 10.4 Å². The van der Waals surface area contributed by atoms with Gasteiger partial charge in [0.15, 0.2) is 5.13 Å². The van der Waals surface area contributed by atoms with E-state index in [0.717, 1.165) is 25.2 Å². The van der Waals surface area contributed by atoms with Crippen LogP contribution < -0.4 is 11.1 Å². The Bertz CT molecular complexity index is 973. The zero-order chi connectivity index (χ0) is 22.3. The summed E-state index contributed by atoms with van der Waals surface area (Å²) in [6.07, 6.45) is -1.93. The van der Waals surface area contributed by atoms with Gasteiger partial charge >= 0.3 is 12.2 Å². The maximum atomic E-state index is 13.4. The average molecular weight is 442 g/mol. The van der Waals surface area contributed by atoms with Crippen LogP contribution in [0.3, 0.4) is 0 Å². The normalized spacial score (nSPS) is 17.3. The van der Waals surface area contributed by atoms with Gasteiger partial charge in [0.2, 0.25) is 5.91 Å². The number of primary amides is 1. The number of carbonyl (C=O) groups excluding carboxylic acids is 2. The van der Waals surface area contributed by atoms with Gasteiger partial charge in [0, 0.05) is 12.7 Å². The van der Waals surface area contributed by atoms with Crippen molar-refractivity contribution in [2.24, 2.45) is 5.73 Å². The molecule has 3 heterocycles. The number of likely N-dealkylation sites (tertiary alicyclic amines) is 1. The lowest BCUT2D eigenvalue weighted by Crippen LogP contribution is -2.45. The second-order valence-electron chi connectivity index (χ2n) is 7.67. The Morgan fingerprint density at radius 3 is 2.67 bits per heavy atom. The molecule has 11 heteroatoms. The molecule has 7 nitrogen and oxygen atoms in total. The number of nitrogens with zero attached hydrogens (tertiary/aromatic N) is 3. The highest BCUT2D eigenvalue weighted by molar-refractivity contribution is 7.19. The van der Waals surface area contributed by atoms with Gasteiger partial charge in [-0.05, 0) is 51.3 Å². The number of aryl methyl sites for hydroxylation is 1. The first-order valence-electron chi connectivity index (χ1n) is 9.30. The summed E-state index contributed by atoms with van der Waals surface area (Å²) in [5, 5.41) is 2.95. The molecule has 0 unspecified atom stereocenters. The fraction of sp³-hybridized carbons (Fsp3) is 0.474. The van der Waals surface area contributed by atoms with E-state index in [1.165, 1.54) is 17.2 Å². The maximum Gasteiger partial charge on any atom is 0.399 e. The second-order valence-corrected chi connectivity index (χ2v) is 8.67. The third kappa shape index (κ3) is 4.11. The fourth-order valence-electron chi connectivity index (χ4n) is 3.25. The van der Waals surface area contributed by atoms with Crippen LogP contribution in [0.2, 0.25) is 0 Å². The molecule has 3 rings (SSSR count). The molecule has 1 aliphatic heterocycles.